The summed E-state index contributed by atoms with van der Waals surface area (Å²) in [6.07, 6.45) is 4.13. The molecule has 8 heteroatoms. The molecule has 1 aliphatic heterocycles. The molecule has 154 valence electrons. The van der Waals surface area contributed by atoms with E-state index in [-0.39, 0.29) is 12.5 Å². The van der Waals surface area contributed by atoms with E-state index >= 15 is 0 Å². The predicted octanol–water partition coefficient (Wildman–Crippen LogP) is 4.30. The number of carbonyl (C=O) groups excluding carboxylic acids is 3. The molecule has 0 bridgehead atoms. The molecule has 0 radical (unpaired) electrons. The number of benzene rings is 2. The zero-order valence-electron chi connectivity index (χ0n) is 16.5. The molecule has 4 rings (SSSR count). The maximum Gasteiger partial charge on any atom is 0.325 e. The van der Waals surface area contributed by atoms with Crippen molar-refractivity contribution in [2.45, 2.75) is 37.6 Å². The van der Waals surface area contributed by atoms with Crippen LogP contribution >= 0.6 is 0 Å². The van der Waals surface area contributed by atoms with Crippen molar-refractivity contribution < 1.29 is 14.4 Å². The lowest BCUT2D eigenvalue weighted by molar-refractivity contribution is -0.134. The van der Waals surface area contributed by atoms with Crippen LogP contribution in [-0.4, -0.2) is 34.8 Å². The molecule has 0 unspecified atom stereocenters. The lowest BCUT2D eigenvalue weighted by Crippen LogP contribution is -2.48. The smallest absolute Gasteiger partial charge is 0.325 e. The Morgan fingerprint density at radius 2 is 1.57 bits per heavy atom. The molecule has 1 aliphatic carbocycles. The van der Waals surface area contributed by atoms with Gasteiger partial charge in [0.25, 0.3) is 5.91 Å². The van der Waals surface area contributed by atoms with E-state index in [9.17, 15) is 14.4 Å². The topological polar surface area (TPSA) is 103 Å². The Hall–Kier alpha value is -3.55. The summed E-state index contributed by atoms with van der Waals surface area (Å²) in [4.78, 5) is 38.4. The Kier molecular flexibility index (Phi) is 5.56. The molecule has 2 aromatic carbocycles. The molecule has 8 nitrogen and oxygen atoms in total. The van der Waals surface area contributed by atoms with Gasteiger partial charge in [0.05, 0.1) is 11.4 Å². The summed E-state index contributed by atoms with van der Waals surface area (Å²) < 4.78 is 0. The number of carbonyl (C=O) groups is 3. The largest absolute Gasteiger partial charge is 0.325 e. The minimum atomic E-state index is -0.818. The summed E-state index contributed by atoms with van der Waals surface area (Å²) in [5.41, 5.74) is 1.13. The maximum atomic E-state index is 12.8. The summed E-state index contributed by atoms with van der Waals surface area (Å²) in [5, 5.41) is 13.8. The molecule has 2 fully saturated rings. The van der Waals surface area contributed by atoms with E-state index in [0.717, 1.165) is 29.8 Å². The van der Waals surface area contributed by atoms with Crippen molar-refractivity contribution in [3.05, 3.63) is 54.6 Å². The van der Waals surface area contributed by atoms with Gasteiger partial charge >= 0.3 is 6.03 Å². The third kappa shape index (κ3) is 4.22. The molecule has 2 aromatic rings. The average molecular weight is 405 g/mol. The Morgan fingerprint density at radius 3 is 2.23 bits per heavy atom. The summed E-state index contributed by atoms with van der Waals surface area (Å²) in [6.45, 7) is -0.304. The number of nitrogens with one attached hydrogen (secondary N) is 2. The molecule has 2 aliphatic rings. The maximum absolute atomic E-state index is 12.8. The van der Waals surface area contributed by atoms with Crippen LogP contribution in [0.1, 0.15) is 32.1 Å². The number of amides is 4. The van der Waals surface area contributed by atoms with Crippen molar-refractivity contribution >= 4 is 34.9 Å². The van der Waals surface area contributed by atoms with E-state index in [1.807, 2.05) is 30.3 Å². The zero-order chi connectivity index (χ0) is 21.0. The van der Waals surface area contributed by atoms with Gasteiger partial charge in [-0.1, -0.05) is 37.5 Å². The van der Waals surface area contributed by atoms with Gasteiger partial charge in [0.2, 0.25) is 5.91 Å². The van der Waals surface area contributed by atoms with E-state index < -0.39 is 17.5 Å². The number of anilines is 1. The molecule has 1 saturated carbocycles. The second kappa shape index (κ2) is 8.44. The van der Waals surface area contributed by atoms with Gasteiger partial charge in [-0.25, -0.2) is 4.79 Å². The van der Waals surface area contributed by atoms with Crippen molar-refractivity contribution in [3.63, 3.8) is 0 Å². The average Bonchev–Trinajstić information content (AvgIpc) is 2.98. The van der Waals surface area contributed by atoms with Gasteiger partial charge in [-0.05, 0) is 49.2 Å². The fourth-order valence-corrected chi connectivity index (χ4v) is 3.88. The van der Waals surface area contributed by atoms with Crippen LogP contribution in [0.5, 0.6) is 0 Å². The van der Waals surface area contributed by atoms with Gasteiger partial charge in [-0.15, -0.1) is 0 Å². The standard InChI is InChI=1S/C22H23N5O3/c28-19(15-27-20(29)22(24-21(27)30)13-5-2-6-14-22)23-16-9-11-18(12-10-16)26-25-17-7-3-1-4-8-17/h1,3-4,7-12H,2,5-6,13-15H2,(H,23,28)(H,24,30). The van der Waals surface area contributed by atoms with Crippen LogP contribution in [-0.2, 0) is 9.59 Å². The number of rotatable bonds is 5. The molecule has 1 saturated heterocycles. The number of hydrogen-bond donors (Lipinski definition) is 2. The number of nitrogens with zero attached hydrogens (tertiary/aromatic N) is 3. The Labute approximate surface area is 174 Å². The van der Waals surface area contributed by atoms with Crippen LogP contribution < -0.4 is 10.6 Å². The molecule has 2 N–H and O–H groups in total. The Bertz CT molecular complexity index is 966. The van der Waals surface area contributed by atoms with Gasteiger partial charge in [-0.3, -0.25) is 14.5 Å². The highest BCUT2D eigenvalue weighted by Crippen LogP contribution is 2.33. The summed E-state index contributed by atoms with van der Waals surface area (Å²) >= 11 is 0. The molecular formula is C22H23N5O3. The van der Waals surface area contributed by atoms with Gasteiger partial charge in [-0.2, -0.15) is 10.2 Å². The SMILES string of the molecule is O=C(CN1C(=O)NC2(CCCCC2)C1=O)Nc1ccc(N=Nc2ccccc2)cc1. The fourth-order valence-electron chi connectivity index (χ4n) is 3.88. The van der Waals surface area contributed by atoms with E-state index in [4.69, 9.17) is 0 Å². The molecule has 1 heterocycles. The summed E-state index contributed by atoms with van der Waals surface area (Å²) in [6, 6.07) is 15.7. The zero-order valence-corrected chi connectivity index (χ0v) is 16.5. The highest BCUT2D eigenvalue weighted by atomic mass is 16.2. The van der Waals surface area contributed by atoms with E-state index in [0.29, 0.717) is 24.2 Å². The first-order valence-corrected chi connectivity index (χ1v) is 10.1. The minimum Gasteiger partial charge on any atom is -0.325 e. The Morgan fingerprint density at radius 1 is 0.933 bits per heavy atom. The molecule has 0 atom stereocenters. The third-order valence-corrected chi connectivity index (χ3v) is 5.44. The quantitative estimate of drug-likeness (QED) is 0.573. The molecular weight excluding hydrogens is 382 g/mol. The van der Waals surface area contributed by atoms with Crippen molar-refractivity contribution in [2.24, 2.45) is 10.2 Å². The van der Waals surface area contributed by atoms with Crippen LogP contribution in [0.2, 0.25) is 0 Å². The van der Waals surface area contributed by atoms with Crippen LogP contribution in [0.25, 0.3) is 0 Å². The third-order valence-electron chi connectivity index (χ3n) is 5.44. The number of azo groups is 1. The monoisotopic (exact) mass is 405 g/mol. The van der Waals surface area contributed by atoms with Crippen LogP contribution in [0.4, 0.5) is 21.9 Å². The fraction of sp³-hybridized carbons (Fsp3) is 0.318. The van der Waals surface area contributed by atoms with E-state index in [1.54, 1.807) is 24.3 Å². The normalized spacial score (nSPS) is 18.1. The van der Waals surface area contributed by atoms with Crippen LogP contribution in [0.15, 0.2) is 64.8 Å². The summed E-state index contributed by atoms with van der Waals surface area (Å²) in [5.74, 6) is -0.718. The highest BCUT2D eigenvalue weighted by molar-refractivity contribution is 6.10. The first-order valence-electron chi connectivity index (χ1n) is 10.1. The first kappa shape index (κ1) is 19.8. The van der Waals surface area contributed by atoms with E-state index in [1.165, 1.54) is 0 Å². The van der Waals surface area contributed by atoms with Crippen molar-refractivity contribution in [2.75, 3.05) is 11.9 Å². The molecule has 30 heavy (non-hydrogen) atoms. The lowest BCUT2D eigenvalue weighted by atomic mass is 9.82. The minimum absolute atomic E-state index is 0.293. The van der Waals surface area contributed by atoms with Gasteiger partial charge < -0.3 is 10.6 Å². The summed E-state index contributed by atoms with van der Waals surface area (Å²) in [7, 11) is 0. The van der Waals surface area contributed by atoms with Crippen molar-refractivity contribution in [3.8, 4) is 0 Å². The van der Waals surface area contributed by atoms with Gasteiger partial charge in [0, 0.05) is 5.69 Å². The highest BCUT2D eigenvalue weighted by Gasteiger charge is 2.51. The molecule has 0 aromatic heterocycles. The molecule has 4 amide bonds. The van der Waals surface area contributed by atoms with Crippen LogP contribution in [0, 0.1) is 0 Å². The second-order valence-electron chi connectivity index (χ2n) is 7.59. The number of imide groups is 1. The predicted molar refractivity (Wildman–Crippen MR) is 112 cm³/mol. The second-order valence-corrected chi connectivity index (χ2v) is 7.59. The van der Waals surface area contributed by atoms with Crippen LogP contribution in [0.3, 0.4) is 0 Å². The molecule has 1 spiro atoms. The lowest BCUT2D eigenvalue weighted by Gasteiger charge is -2.30. The van der Waals surface area contributed by atoms with Crippen molar-refractivity contribution in [1.82, 2.24) is 10.2 Å². The van der Waals surface area contributed by atoms with Gasteiger partial charge in [0.15, 0.2) is 0 Å². The Balaban J connectivity index is 1.34. The van der Waals surface area contributed by atoms with E-state index in [2.05, 4.69) is 20.9 Å². The van der Waals surface area contributed by atoms with Crippen molar-refractivity contribution in [1.29, 1.82) is 0 Å². The first-order chi connectivity index (χ1) is 14.6. The van der Waals surface area contributed by atoms with Gasteiger partial charge in [0.1, 0.15) is 12.1 Å². The number of hydrogen-bond acceptors (Lipinski definition) is 5. The number of urea groups is 1.